The second-order valence-corrected chi connectivity index (χ2v) is 13.6. The van der Waals surface area contributed by atoms with Crippen molar-refractivity contribution in [2.75, 3.05) is 0 Å². The molecule has 4 fully saturated rings. The molecule has 0 aromatic heterocycles. The topological polar surface area (TPSA) is 57.5 Å². The van der Waals surface area contributed by atoms with Gasteiger partial charge in [0.1, 0.15) is 6.29 Å². The number of carbonyl (C=O) groups is 1. The molecule has 0 saturated heterocycles. The summed E-state index contributed by atoms with van der Waals surface area (Å²) >= 11 is 0. The number of allylic oxidation sites excluding steroid dienone is 5. The van der Waals surface area contributed by atoms with Gasteiger partial charge in [-0.25, -0.2) is 0 Å². The van der Waals surface area contributed by atoms with Crippen molar-refractivity contribution >= 4 is 6.29 Å². The molecule has 3 nitrogen and oxygen atoms in total. The van der Waals surface area contributed by atoms with E-state index in [1.165, 1.54) is 62.5 Å². The molecule has 4 saturated carbocycles. The first kappa shape index (κ1) is 29.5. The van der Waals surface area contributed by atoms with Gasteiger partial charge in [0.2, 0.25) is 0 Å². The van der Waals surface area contributed by atoms with Gasteiger partial charge >= 0.3 is 0 Å². The molecule has 212 valence electrons. The van der Waals surface area contributed by atoms with E-state index in [1.807, 2.05) is 0 Å². The first-order valence-electron chi connectivity index (χ1n) is 15.8. The number of unbranched alkanes of at least 4 members (excludes halogenated alkanes) is 5. The SMILES string of the molecule is C=C1CCC(O)C/C1=C/C=C1\CCC[C@]2(C)[C@@H]([C@H](C)/C=C/C(O)C3(CCCCCCCC=O)CC3)CC[C@@H]12. The number of aliphatic hydroxyl groups excluding tert-OH is 2. The van der Waals surface area contributed by atoms with E-state index in [4.69, 9.17) is 0 Å². The normalized spacial score (nSPS) is 34.5. The number of rotatable bonds is 13. The van der Waals surface area contributed by atoms with Crippen LogP contribution in [0.3, 0.4) is 0 Å². The first-order chi connectivity index (χ1) is 18.3. The molecule has 0 aromatic rings. The van der Waals surface area contributed by atoms with Crippen LogP contribution in [0.5, 0.6) is 0 Å². The van der Waals surface area contributed by atoms with Gasteiger partial charge in [0, 0.05) is 6.42 Å². The molecular formula is C35H54O3. The zero-order valence-corrected chi connectivity index (χ0v) is 24.3. The lowest BCUT2D eigenvalue weighted by Gasteiger charge is -2.44. The highest BCUT2D eigenvalue weighted by atomic mass is 16.3. The summed E-state index contributed by atoms with van der Waals surface area (Å²) in [5.74, 6) is 1.81. The van der Waals surface area contributed by atoms with E-state index in [2.05, 4.69) is 44.7 Å². The fourth-order valence-electron chi connectivity index (χ4n) is 8.25. The van der Waals surface area contributed by atoms with Crippen molar-refractivity contribution in [3.05, 3.63) is 47.6 Å². The minimum absolute atomic E-state index is 0.131. The van der Waals surface area contributed by atoms with Crippen LogP contribution in [-0.4, -0.2) is 28.7 Å². The van der Waals surface area contributed by atoms with Gasteiger partial charge in [0.15, 0.2) is 0 Å². The number of carbonyl (C=O) groups excluding carboxylic acids is 1. The molecule has 2 unspecified atom stereocenters. The minimum Gasteiger partial charge on any atom is -0.393 e. The summed E-state index contributed by atoms with van der Waals surface area (Å²) in [7, 11) is 0. The average molecular weight is 523 g/mol. The van der Waals surface area contributed by atoms with Crippen LogP contribution in [0.25, 0.3) is 0 Å². The molecule has 4 aliphatic carbocycles. The van der Waals surface area contributed by atoms with Crippen molar-refractivity contribution in [3.8, 4) is 0 Å². The van der Waals surface area contributed by atoms with Crippen LogP contribution in [-0.2, 0) is 4.79 Å². The molecule has 0 aliphatic heterocycles. The first-order valence-corrected chi connectivity index (χ1v) is 15.8. The minimum atomic E-state index is -0.308. The van der Waals surface area contributed by atoms with Gasteiger partial charge in [-0.1, -0.05) is 81.6 Å². The van der Waals surface area contributed by atoms with Gasteiger partial charge in [-0.3, -0.25) is 0 Å². The molecule has 4 rings (SSSR count). The Balaban J connectivity index is 1.31. The lowest BCUT2D eigenvalue weighted by Crippen LogP contribution is -2.35. The highest BCUT2D eigenvalue weighted by molar-refractivity contribution is 5.48. The molecule has 0 aromatic carbocycles. The monoisotopic (exact) mass is 522 g/mol. The highest BCUT2D eigenvalue weighted by Crippen LogP contribution is 2.60. The maximum atomic E-state index is 11.1. The van der Waals surface area contributed by atoms with Crippen LogP contribution in [0, 0.1) is 28.6 Å². The van der Waals surface area contributed by atoms with Crippen LogP contribution >= 0.6 is 0 Å². The van der Waals surface area contributed by atoms with Gasteiger partial charge in [-0.2, -0.15) is 0 Å². The summed E-state index contributed by atoms with van der Waals surface area (Å²) < 4.78 is 0. The number of hydrogen-bond acceptors (Lipinski definition) is 3. The summed E-state index contributed by atoms with van der Waals surface area (Å²) in [6.45, 7) is 9.17. The Morgan fingerprint density at radius 2 is 1.76 bits per heavy atom. The second kappa shape index (κ2) is 13.3. The Hall–Kier alpha value is -1.45. The van der Waals surface area contributed by atoms with E-state index in [0.29, 0.717) is 29.6 Å². The van der Waals surface area contributed by atoms with Crippen molar-refractivity contribution < 1.29 is 15.0 Å². The summed E-state index contributed by atoms with van der Waals surface area (Å²) in [4.78, 5) is 10.5. The molecule has 0 radical (unpaired) electrons. The second-order valence-electron chi connectivity index (χ2n) is 13.6. The van der Waals surface area contributed by atoms with E-state index in [1.54, 1.807) is 5.57 Å². The Labute approximate surface area is 232 Å². The molecule has 0 amide bonds. The van der Waals surface area contributed by atoms with Crippen molar-refractivity contribution in [1.82, 2.24) is 0 Å². The van der Waals surface area contributed by atoms with E-state index in [-0.39, 0.29) is 17.6 Å². The van der Waals surface area contributed by atoms with Crippen LogP contribution in [0.1, 0.15) is 123 Å². The predicted octanol–water partition coefficient (Wildman–Crippen LogP) is 8.42. The third-order valence-corrected chi connectivity index (χ3v) is 11.0. The Morgan fingerprint density at radius 1 is 1.00 bits per heavy atom. The molecule has 0 spiro atoms. The quantitative estimate of drug-likeness (QED) is 0.145. The van der Waals surface area contributed by atoms with Crippen molar-refractivity contribution in [2.24, 2.45) is 28.6 Å². The van der Waals surface area contributed by atoms with E-state index in [9.17, 15) is 15.0 Å². The van der Waals surface area contributed by atoms with E-state index < -0.39 is 0 Å². The maximum Gasteiger partial charge on any atom is 0.119 e. The fourth-order valence-corrected chi connectivity index (χ4v) is 8.25. The lowest BCUT2D eigenvalue weighted by atomic mass is 9.61. The standard InChI is InChI=1S/C35H54O3/c1-26-12-16-30(37)25-29(26)15-14-28-11-10-20-34(3)31(17-18-32(28)34)27(2)13-19-33(38)35(22-23-35)21-8-6-4-5-7-9-24-36/h13-15,19,24,27,30-33,37-38H,1,4-12,16-18,20-23,25H2,2-3H3/b19-13+,28-14+,29-15-/t27-,30?,31-,32+,33?,34-/m1/s1. The largest absolute Gasteiger partial charge is 0.393 e. The molecule has 6 atom stereocenters. The molecule has 4 aliphatic rings. The predicted molar refractivity (Wildman–Crippen MR) is 158 cm³/mol. The lowest BCUT2D eigenvalue weighted by molar-refractivity contribution is -0.107. The summed E-state index contributed by atoms with van der Waals surface area (Å²) in [5.41, 5.74) is 4.53. The number of hydrogen-bond donors (Lipinski definition) is 2. The molecule has 38 heavy (non-hydrogen) atoms. The summed E-state index contributed by atoms with van der Waals surface area (Å²) in [6, 6.07) is 0. The van der Waals surface area contributed by atoms with E-state index >= 15 is 0 Å². The van der Waals surface area contributed by atoms with Crippen molar-refractivity contribution in [3.63, 3.8) is 0 Å². The fraction of sp³-hybridized carbons (Fsp3) is 0.743. The number of aliphatic hydroxyl groups is 2. The van der Waals surface area contributed by atoms with Gasteiger partial charge in [-0.05, 0) is 111 Å². The average Bonchev–Trinajstić information content (AvgIpc) is 3.61. The summed E-state index contributed by atoms with van der Waals surface area (Å²) in [5, 5.41) is 21.2. The van der Waals surface area contributed by atoms with Crippen LogP contribution in [0.2, 0.25) is 0 Å². The van der Waals surface area contributed by atoms with Gasteiger partial charge < -0.3 is 15.0 Å². The van der Waals surface area contributed by atoms with Crippen molar-refractivity contribution in [2.45, 2.75) is 135 Å². The molecule has 0 heterocycles. The number of aldehydes is 1. The summed E-state index contributed by atoms with van der Waals surface area (Å²) in [6.07, 6.45) is 28.5. The molecule has 0 bridgehead atoms. The van der Waals surface area contributed by atoms with Gasteiger partial charge in [-0.15, -0.1) is 0 Å². The Kier molecular flexibility index (Phi) is 10.3. The molecule has 3 heteroatoms. The Bertz CT molecular complexity index is 906. The van der Waals surface area contributed by atoms with Crippen LogP contribution in [0.4, 0.5) is 0 Å². The van der Waals surface area contributed by atoms with Gasteiger partial charge in [0.05, 0.1) is 12.2 Å². The highest BCUT2D eigenvalue weighted by Gasteiger charge is 2.51. The van der Waals surface area contributed by atoms with Gasteiger partial charge in [0.25, 0.3) is 0 Å². The molecule has 2 N–H and O–H groups in total. The smallest absolute Gasteiger partial charge is 0.119 e. The zero-order valence-electron chi connectivity index (χ0n) is 24.3. The number of fused-ring (bicyclic) bond motifs is 1. The zero-order chi connectivity index (χ0) is 27.2. The Morgan fingerprint density at radius 3 is 2.53 bits per heavy atom. The van der Waals surface area contributed by atoms with E-state index in [0.717, 1.165) is 57.7 Å². The third kappa shape index (κ3) is 7.00. The maximum absolute atomic E-state index is 11.1. The molecular weight excluding hydrogens is 468 g/mol. The van der Waals surface area contributed by atoms with Crippen LogP contribution in [0.15, 0.2) is 47.6 Å². The van der Waals surface area contributed by atoms with Crippen molar-refractivity contribution in [1.29, 1.82) is 0 Å². The third-order valence-electron chi connectivity index (χ3n) is 11.0. The van der Waals surface area contributed by atoms with Crippen LogP contribution < -0.4 is 0 Å².